The molecule has 0 saturated heterocycles. The molecule has 0 aliphatic heterocycles. The van der Waals surface area contributed by atoms with E-state index in [1.807, 2.05) is 30.3 Å². The third kappa shape index (κ3) is 4.75. The molecule has 0 aromatic heterocycles. The van der Waals surface area contributed by atoms with Gasteiger partial charge in [0.2, 0.25) is 5.91 Å². The zero-order chi connectivity index (χ0) is 15.9. The zero-order valence-electron chi connectivity index (χ0n) is 12.0. The molecule has 0 aliphatic rings. The fraction of sp³-hybridized carbons (Fsp3) is 0.0588. The number of halogens is 1. The van der Waals surface area contributed by atoms with Gasteiger partial charge in [-0.25, -0.2) is 0 Å². The largest absolute Gasteiger partial charge is 0.322 e. The predicted octanol–water partition coefficient (Wildman–Crippen LogP) is 3.46. The minimum absolute atomic E-state index is 0.175. The van der Waals surface area contributed by atoms with Gasteiger partial charge in [0, 0.05) is 17.6 Å². The van der Waals surface area contributed by atoms with Crippen LogP contribution in [0, 0.1) is 0 Å². The molecule has 0 fully saturated rings. The van der Waals surface area contributed by atoms with E-state index in [9.17, 15) is 9.59 Å². The summed E-state index contributed by atoms with van der Waals surface area (Å²) in [5.41, 5.74) is 1.59. The molecule has 2 rings (SSSR count). The van der Waals surface area contributed by atoms with Gasteiger partial charge in [-0.3, -0.25) is 9.59 Å². The van der Waals surface area contributed by atoms with Gasteiger partial charge in [0.1, 0.15) is 5.70 Å². The first-order chi connectivity index (χ1) is 10.5. The highest BCUT2D eigenvalue weighted by atomic mass is 35.5. The average Bonchev–Trinajstić information content (AvgIpc) is 2.49. The average molecular weight is 315 g/mol. The molecule has 0 radical (unpaired) electrons. The van der Waals surface area contributed by atoms with E-state index in [1.165, 1.54) is 6.92 Å². The lowest BCUT2D eigenvalue weighted by Crippen LogP contribution is -2.28. The topological polar surface area (TPSA) is 58.2 Å². The molecule has 0 aliphatic carbocycles. The molecule has 4 nitrogen and oxygen atoms in total. The van der Waals surface area contributed by atoms with E-state index in [0.717, 1.165) is 5.56 Å². The van der Waals surface area contributed by atoms with Crippen molar-refractivity contribution in [1.82, 2.24) is 5.32 Å². The molecule has 5 heteroatoms. The first-order valence-electron chi connectivity index (χ1n) is 6.66. The highest BCUT2D eigenvalue weighted by molar-refractivity contribution is 6.30. The molecule has 0 bridgehead atoms. The Hall–Kier alpha value is -2.59. The Kier molecular flexibility index (Phi) is 5.33. The van der Waals surface area contributed by atoms with Gasteiger partial charge in [-0.15, -0.1) is 0 Å². The maximum absolute atomic E-state index is 12.3. The first-order valence-corrected chi connectivity index (χ1v) is 7.03. The van der Waals surface area contributed by atoms with Crippen LogP contribution in [0.5, 0.6) is 0 Å². The Bertz CT molecular complexity index is 694. The van der Waals surface area contributed by atoms with Crippen molar-refractivity contribution in [2.75, 3.05) is 5.32 Å². The van der Waals surface area contributed by atoms with Gasteiger partial charge < -0.3 is 10.6 Å². The Labute approximate surface area is 133 Å². The van der Waals surface area contributed by atoms with Crippen molar-refractivity contribution in [2.45, 2.75) is 6.92 Å². The van der Waals surface area contributed by atoms with Crippen LogP contribution in [0.1, 0.15) is 12.5 Å². The number of nitrogens with one attached hydrogen (secondary N) is 2. The molecule has 2 N–H and O–H groups in total. The maximum Gasteiger partial charge on any atom is 0.272 e. The lowest BCUT2D eigenvalue weighted by atomic mass is 10.2. The van der Waals surface area contributed by atoms with Crippen LogP contribution in [-0.4, -0.2) is 11.8 Å². The first kappa shape index (κ1) is 15.8. The molecule has 0 unspecified atom stereocenters. The second kappa shape index (κ2) is 7.43. The lowest BCUT2D eigenvalue weighted by molar-refractivity contribution is -0.120. The monoisotopic (exact) mass is 314 g/mol. The number of hydrogen-bond acceptors (Lipinski definition) is 2. The van der Waals surface area contributed by atoms with E-state index < -0.39 is 5.91 Å². The predicted molar refractivity (Wildman–Crippen MR) is 88.3 cm³/mol. The van der Waals surface area contributed by atoms with Crippen molar-refractivity contribution in [3.8, 4) is 0 Å². The molecular weight excluding hydrogens is 300 g/mol. The summed E-state index contributed by atoms with van der Waals surface area (Å²) < 4.78 is 0. The molecule has 2 amide bonds. The molecule has 2 aromatic rings. The lowest BCUT2D eigenvalue weighted by Gasteiger charge is -2.10. The van der Waals surface area contributed by atoms with E-state index in [2.05, 4.69) is 10.6 Å². The van der Waals surface area contributed by atoms with Crippen molar-refractivity contribution in [3.63, 3.8) is 0 Å². The van der Waals surface area contributed by atoms with Crippen LogP contribution >= 0.6 is 11.6 Å². The van der Waals surface area contributed by atoms with Gasteiger partial charge in [0.15, 0.2) is 0 Å². The molecular formula is C17H15ClN2O2. The molecule has 2 aromatic carbocycles. The smallest absolute Gasteiger partial charge is 0.272 e. The van der Waals surface area contributed by atoms with Crippen molar-refractivity contribution in [2.24, 2.45) is 0 Å². The molecule has 0 saturated carbocycles. The third-order valence-electron chi connectivity index (χ3n) is 2.77. The third-order valence-corrected chi connectivity index (χ3v) is 3.02. The normalized spacial score (nSPS) is 10.9. The van der Waals surface area contributed by atoms with Crippen molar-refractivity contribution < 1.29 is 9.59 Å². The van der Waals surface area contributed by atoms with Gasteiger partial charge >= 0.3 is 0 Å². The number of carbonyl (C=O) groups excluding carboxylic acids is 2. The number of benzene rings is 2. The van der Waals surface area contributed by atoms with Crippen molar-refractivity contribution in [1.29, 1.82) is 0 Å². The number of anilines is 1. The van der Waals surface area contributed by atoms with Crippen LogP contribution in [0.15, 0.2) is 60.3 Å². The van der Waals surface area contributed by atoms with Crippen molar-refractivity contribution >= 4 is 35.2 Å². The molecule has 112 valence electrons. The minimum Gasteiger partial charge on any atom is -0.322 e. The quantitative estimate of drug-likeness (QED) is 0.849. The Balaban J connectivity index is 2.21. The zero-order valence-corrected chi connectivity index (χ0v) is 12.7. The van der Waals surface area contributed by atoms with Crippen molar-refractivity contribution in [3.05, 3.63) is 70.9 Å². The summed E-state index contributed by atoms with van der Waals surface area (Å²) in [7, 11) is 0. The summed E-state index contributed by atoms with van der Waals surface area (Å²) in [5, 5.41) is 5.84. The van der Waals surface area contributed by atoms with Crippen LogP contribution in [0.3, 0.4) is 0 Å². The van der Waals surface area contributed by atoms with Gasteiger partial charge in [-0.2, -0.15) is 0 Å². The Morgan fingerprint density at radius 1 is 1.00 bits per heavy atom. The molecule has 0 spiro atoms. The number of rotatable bonds is 4. The van der Waals surface area contributed by atoms with Gasteiger partial charge in [-0.05, 0) is 35.9 Å². The fourth-order valence-electron chi connectivity index (χ4n) is 1.80. The fourth-order valence-corrected chi connectivity index (χ4v) is 1.92. The summed E-state index contributed by atoms with van der Waals surface area (Å²) in [6.45, 7) is 1.36. The Morgan fingerprint density at radius 3 is 2.23 bits per heavy atom. The van der Waals surface area contributed by atoms with Crippen LogP contribution in [0.2, 0.25) is 5.02 Å². The molecule has 0 heterocycles. The second-order valence-electron chi connectivity index (χ2n) is 4.61. The Morgan fingerprint density at radius 2 is 1.64 bits per heavy atom. The van der Waals surface area contributed by atoms with Crippen LogP contribution in [0.25, 0.3) is 6.08 Å². The summed E-state index contributed by atoms with van der Waals surface area (Å²) in [6.07, 6.45) is 1.62. The van der Waals surface area contributed by atoms with E-state index >= 15 is 0 Å². The number of amides is 2. The van der Waals surface area contributed by atoms with Crippen LogP contribution in [0.4, 0.5) is 5.69 Å². The van der Waals surface area contributed by atoms with E-state index in [-0.39, 0.29) is 11.6 Å². The number of hydrogen-bond donors (Lipinski definition) is 2. The van der Waals surface area contributed by atoms with E-state index in [0.29, 0.717) is 10.7 Å². The minimum atomic E-state index is -0.402. The highest BCUT2D eigenvalue weighted by Crippen LogP contribution is 2.14. The molecule has 0 atom stereocenters. The van der Waals surface area contributed by atoms with E-state index in [1.54, 1.807) is 30.3 Å². The summed E-state index contributed by atoms with van der Waals surface area (Å²) in [4.78, 5) is 23.6. The summed E-state index contributed by atoms with van der Waals surface area (Å²) >= 11 is 5.81. The van der Waals surface area contributed by atoms with Crippen LogP contribution < -0.4 is 10.6 Å². The summed E-state index contributed by atoms with van der Waals surface area (Å²) in [5.74, 6) is -0.713. The SMILES string of the molecule is CC(=O)NC(=Cc1ccccc1)C(=O)Nc1ccc(Cl)cc1. The standard InChI is InChI=1S/C17H15ClN2O2/c1-12(21)19-16(11-13-5-3-2-4-6-13)17(22)20-15-9-7-14(18)8-10-15/h2-11H,1H3,(H,19,21)(H,20,22). The summed E-state index contributed by atoms with van der Waals surface area (Å²) in [6, 6.07) is 16.0. The van der Waals surface area contributed by atoms with Gasteiger partial charge in [0.25, 0.3) is 5.91 Å². The highest BCUT2D eigenvalue weighted by Gasteiger charge is 2.11. The number of carbonyl (C=O) groups is 2. The van der Waals surface area contributed by atoms with Gasteiger partial charge in [-0.1, -0.05) is 41.9 Å². The second-order valence-corrected chi connectivity index (χ2v) is 5.05. The molecule has 22 heavy (non-hydrogen) atoms. The maximum atomic E-state index is 12.3. The van der Waals surface area contributed by atoms with Crippen LogP contribution in [-0.2, 0) is 9.59 Å². The van der Waals surface area contributed by atoms with Gasteiger partial charge in [0.05, 0.1) is 0 Å². The van der Waals surface area contributed by atoms with E-state index in [4.69, 9.17) is 11.6 Å².